The van der Waals surface area contributed by atoms with Gasteiger partial charge in [0.15, 0.2) is 28.8 Å². The van der Waals surface area contributed by atoms with E-state index in [1.54, 1.807) is 0 Å². The molecule has 2 bridgehead atoms. The maximum Gasteiger partial charge on any atom is 0.235 e. The van der Waals surface area contributed by atoms with Crippen LogP contribution in [0.25, 0.3) is 11.1 Å². The molecule has 1 saturated carbocycles. The monoisotopic (exact) mass is 659 g/mol. The van der Waals surface area contributed by atoms with Crippen molar-refractivity contribution in [3.63, 3.8) is 0 Å². The predicted octanol–water partition coefficient (Wildman–Crippen LogP) is 6.33. The average Bonchev–Trinajstić information content (AvgIpc) is 3.97. The molecule has 0 spiro atoms. The predicted molar refractivity (Wildman–Crippen MR) is 182 cm³/mol. The minimum Gasteiger partial charge on any atom is -0.454 e. The van der Waals surface area contributed by atoms with Crippen molar-refractivity contribution in [2.75, 3.05) is 13.6 Å². The Morgan fingerprint density at radius 3 is 1.40 bits per heavy atom. The summed E-state index contributed by atoms with van der Waals surface area (Å²) in [6.07, 6.45) is 0. The van der Waals surface area contributed by atoms with Gasteiger partial charge in [0.05, 0.1) is 29.2 Å². The molecule has 0 N–H and O–H groups in total. The van der Waals surface area contributed by atoms with Gasteiger partial charge in [0.25, 0.3) is 0 Å². The summed E-state index contributed by atoms with van der Waals surface area (Å²) in [6, 6.07) is 39.7. The molecule has 2 aliphatic carbocycles. The van der Waals surface area contributed by atoms with Crippen molar-refractivity contribution < 1.29 is 33.3 Å². The highest BCUT2D eigenvalue weighted by molar-refractivity contribution is 6.35. The molecule has 244 valence electrons. The molecule has 50 heavy (non-hydrogen) atoms. The van der Waals surface area contributed by atoms with Crippen molar-refractivity contribution in [2.24, 2.45) is 11.8 Å². The molecule has 2 amide bonds. The summed E-state index contributed by atoms with van der Waals surface area (Å²) in [7, 11) is 0. The van der Waals surface area contributed by atoms with Gasteiger partial charge < -0.3 is 18.9 Å². The first-order valence-corrected chi connectivity index (χ1v) is 16.6. The number of carbonyl (C=O) groups is 3. The Kier molecular flexibility index (Phi) is 6.01. The second kappa shape index (κ2) is 10.4. The standard InChI is InChI=1S/C42H29NO7/c44-38-36-37(39(45)43(38)22-25-10-4-1-5-11-25)42(29-14-8-3-9-15-29)35(27-17-19-31-33(21-27)50-24-48-31)34(26-16-18-30-32(20-26)49-23-47-30)41(36,40(42)46)28-12-6-2-7-13-28/h1-21,36-37H,22-24H2/t36-,37-,41+,42+/m1/s1. The molecular weight excluding hydrogens is 630 g/mol. The van der Waals surface area contributed by atoms with Gasteiger partial charge in [-0.25, -0.2) is 0 Å². The lowest BCUT2D eigenvalue weighted by Gasteiger charge is -2.39. The molecule has 10 rings (SSSR count). The fraction of sp³-hybridized carbons (Fsp3) is 0.167. The highest BCUT2D eigenvalue weighted by atomic mass is 16.7. The van der Waals surface area contributed by atoms with Crippen molar-refractivity contribution in [3.8, 4) is 23.0 Å². The number of Topliss-reactive ketones (excluding diaryl/α,β-unsaturated/α-hetero) is 1. The second-order valence-electron chi connectivity index (χ2n) is 13.3. The van der Waals surface area contributed by atoms with E-state index in [0.29, 0.717) is 56.4 Å². The summed E-state index contributed by atoms with van der Waals surface area (Å²) in [5, 5.41) is 0. The smallest absolute Gasteiger partial charge is 0.235 e. The van der Waals surface area contributed by atoms with Crippen LogP contribution in [-0.2, 0) is 31.8 Å². The summed E-state index contributed by atoms with van der Waals surface area (Å²) in [5.41, 5.74) is 1.83. The van der Waals surface area contributed by atoms with Crippen LogP contribution in [0.5, 0.6) is 23.0 Å². The lowest BCUT2D eigenvalue weighted by Crippen LogP contribution is -2.45. The SMILES string of the molecule is O=C1[C@H]2[C@H](C(=O)N1Cc1ccccc1)[C@@]1(c3ccccc3)C(=O)[C@@]2(c2ccccc2)C(c2ccc3c(c2)OCO3)=C1c1ccc2c(c1)OCO2. The van der Waals surface area contributed by atoms with Gasteiger partial charge in [0.2, 0.25) is 25.4 Å². The van der Waals surface area contributed by atoms with Crippen LogP contribution in [0.15, 0.2) is 127 Å². The van der Waals surface area contributed by atoms with E-state index in [0.717, 1.165) is 5.56 Å². The van der Waals surface area contributed by atoms with Crippen LogP contribution in [0, 0.1) is 11.8 Å². The number of likely N-dealkylation sites (tertiary alicyclic amines) is 1. The number of ether oxygens (including phenoxy) is 4. The van der Waals surface area contributed by atoms with Crippen molar-refractivity contribution in [1.29, 1.82) is 0 Å². The fourth-order valence-electron chi connectivity index (χ4n) is 9.21. The minimum atomic E-state index is -1.53. The summed E-state index contributed by atoms with van der Waals surface area (Å²) in [4.78, 5) is 47.7. The highest BCUT2D eigenvalue weighted by Gasteiger charge is 2.82. The van der Waals surface area contributed by atoms with Gasteiger partial charge in [-0.15, -0.1) is 0 Å². The van der Waals surface area contributed by atoms with E-state index in [1.165, 1.54) is 4.90 Å². The molecule has 5 aromatic rings. The third-order valence-corrected chi connectivity index (χ3v) is 11.0. The molecule has 4 atom stereocenters. The minimum absolute atomic E-state index is 0.0791. The van der Waals surface area contributed by atoms with E-state index >= 15 is 14.4 Å². The lowest BCUT2D eigenvalue weighted by atomic mass is 9.59. The zero-order chi connectivity index (χ0) is 33.6. The molecular formula is C42H29NO7. The quantitative estimate of drug-likeness (QED) is 0.197. The number of imide groups is 1. The summed E-state index contributed by atoms with van der Waals surface area (Å²) in [6.45, 7) is 0.263. The zero-order valence-corrected chi connectivity index (χ0v) is 26.7. The number of hydrogen-bond donors (Lipinski definition) is 0. The zero-order valence-electron chi connectivity index (χ0n) is 26.7. The van der Waals surface area contributed by atoms with Crippen LogP contribution in [0.1, 0.15) is 27.8 Å². The maximum atomic E-state index is 16.1. The molecule has 2 fully saturated rings. The number of ketones is 1. The van der Waals surface area contributed by atoms with Crippen LogP contribution in [0.2, 0.25) is 0 Å². The molecule has 0 radical (unpaired) electrons. The van der Waals surface area contributed by atoms with Crippen molar-refractivity contribution >= 4 is 28.7 Å². The van der Waals surface area contributed by atoms with E-state index < -0.39 is 22.7 Å². The first-order valence-electron chi connectivity index (χ1n) is 16.6. The van der Waals surface area contributed by atoms with Gasteiger partial charge in [-0.1, -0.05) is 103 Å². The first-order chi connectivity index (χ1) is 24.5. The van der Waals surface area contributed by atoms with E-state index in [1.807, 2.05) is 127 Å². The van der Waals surface area contributed by atoms with Crippen LogP contribution in [-0.4, -0.2) is 36.1 Å². The number of allylic oxidation sites excluding steroid dienone is 2. The van der Waals surface area contributed by atoms with Crippen molar-refractivity contribution in [3.05, 3.63) is 155 Å². The van der Waals surface area contributed by atoms with Gasteiger partial charge in [-0.2, -0.15) is 0 Å². The molecule has 1 saturated heterocycles. The maximum absolute atomic E-state index is 16.1. The van der Waals surface area contributed by atoms with Crippen LogP contribution < -0.4 is 18.9 Å². The number of nitrogens with zero attached hydrogens (tertiary/aromatic N) is 1. The topological polar surface area (TPSA) is 91.4 Å². The molecule has 3 aliphatic heterocycles. The van der Waals surface area contributed by atoms with E-state index in [9.17, 15) is 0 Å². The third kappa shape index (κ3) is 3.57. The fourth-order valence-corrected chi connectivity index (χ4v) is 9.21. The van der Waals surface area contributed by atoms with Gasteiger partial charge in [0, 0.05) is 0 Å². The van der Waals surface area contributed by atoms with Crippen molar-refractivity contribution in [1.82, 2.24) is 4.90 Å². The van der Waals surface area contributed by atoms with Gasteiger partial charge >= 0.3 is 0 Å². The summed E-state index contributed by atoms with van der Waals surface area (Å²) >= 11 is 0. The van der Waals surface area contributed by atoms with Gasteiger partial charge in [0.1, 0.15) is 0 Å². The average molecular weight is 660 g/mol. The number of hydrogen-bond acceptors (Lipinski definition) is 7. The summed E-state index contributed by atoms with van der Waals surface area (Å²) in [5.74, 6) is -0.647. The number of amides is 2. The van der Waals surface area contributed by atoms with Crippen molar-refractivity contribution in [2.45, 2.75) is 17.4 Å². The normalized spacial score (nSPS) is 25.5. The second-order valence-corrected chi connectivity index (χ2v) is 13.3. The Morgan fingerprint density at radius 1 is 0.520 bits per heavy atom. The Morgan fingerprint density at radius 2 is 0.940 bits per heavy atom. The molecule has 0 unspecified atom stereocenters. The molecule has 5 aromatic carbocycles. The Balaban J connectivity index is 1.34. The van der Waals surface area contributed by atoms with Gasteiger partial charge in [-0.3, -0.25) is 19.3 Å². The molecule has 0 aromatic heterocycles. The Bertz CT molecular complexity index is 2150. The molecule has 8 heteroatoms. The number of rotatable bonds is 6. The molecule has 5 aliphatic rings. The third-order valence-electron chi connectivity index (χ3n) is 11.0. The van der Waals surface area contributed by atoms with E-state index in [2.05, 4.69) is 0 Å². The first kappa shape index (κ1) is 28.8. The van der Waals surface area contributed by atoms with E-state index in [-0.39, 0.29) is 37.7 Å². The van der Waals surface area contributed by atoms with E-state index in [4.69, 9.17) is 18.9 Å². The number of carbonyl (C=O) groups excluding carboxylic acids is 3. The number of benzene rings is 5. The molecule has 3 heterocycles. The lowest BCUT2D eigenvalue weighted by molar-refractivity contribution is -0.143. The Labute approximate surface area is 287 Å². The highest BCUT2D eigenvalue weighted by Crippen LogP contribution is 2.74. The van der Waals surface area contributed by atoms with Crippen LogP contribution in [0.3, 0.4) is 0 Å². The summed E-state index contributed by atoms with van der Waals surface area (Å²) < 4.78 is 23.1. The number of fused-ring (bicyclic) bond motifs is 7. The van der Waals surface area contributed by atoms with Gasteiger partial charge in [-0.05, 0) is 63.2 Å². The largest absolute Gasteiger partial charge is 0.454 e. The van der Waals surface area contributed by atoms with Crippen LogP contribution >= 0.6 is 0 Å². The van der Waals surface area contributed by atoms with Crippen LogP contribution in [0.4, 0.5) is 0 Å². The Hall–Kier alpha value is -6.15. The molecule has 8 nitrogen and oxygen atoms in total.